The van der Waals surface area contributed by atoms with Crippen LogP contribution in [0, 0.1) is 11.3 Å². The van der Waals surface area contributed by atoms with Gasteiger partial charge in [-0.3, -0.25) is 0 Å². The molecular formula is C14H10BrNOS. The second-order valence-corrected chi connectivity index (χ2v) is 5.59. The molecule has 0 aliphatic heterocycles. The van der Waals surface area contributed by atoms with Gasteiger partial charge >= 0.3 is 0 Å². The minimum Gasteiger partial charge on any atom is -0.495 e. The molecule has 0 bridgehead atoms. The van der Waals surface area contributed by atoms with Gasteiger partial charge in [0.2, 0.25) is 0 Å². The highest BCUT2D eigenvalue weighted by molar-refractivity contribution is 9.10. The Bertz CT molecular complexity index is 590. The Morgan fingerprint density at radius 1 is 1.11 bits per heavy atom. The molecule has 0 radical (unpaired) electrons. The Labute approximate surface area is 119 Å². The third-order valence-corrected chi connectivity index (χ3v) is 3.87. The van der Waals surface area contributed by atoms with Crippen molar-refractivity contribution < 1.29 is 4.74 Å². The molecule has 0 aliphatic carbocycles. The molecule has 2 nitrogen and oxygen atoms in total. The molecule has 0 saturated carbocycles. The zero-order valence-electron chi connectivity index (χ0n) is 9.68. The SMILES string of the molecule is COc1ccc(Sc2ccc(Br)cc2)cc1C#N. The highest BCUT2D eigenvalue weighted by atomic mass is 79.9. The van der Waals surface area contributed by atoms with E-state index in [4.69, 9.17) is 10.00 Å². The van der Waals surface area contributed by atoms with Gasteiger partial charge in [0.15, 0.2) is 0 Å². The van der Waals surface area contributed by atoms with Crippen LogP contribution in [0.3, 0.4) is 0 Å². The minimum atomic E-state index is 0.555. The second-order valence-electron chi connectivity index (χ2n) is 3.53. The van der Waals surface area contributed by atoms with E-state index in [9.17, 15) is 0 Å². The lowest BCUT2D eigenvalue weighted by atomic mass is 10.2. The van der Waals surface area contributed by atoms with Gasteiger partial charge in [-0.15, -0.1) is 0 Å². The van der Waals surface area contributed by atoms with E-state index in [-0.39, 0.29) is 0 Å². The maximum atomic E-state index is 9.03. The van der Waals surface area contributed by atoms with Gasteiger partial charge in [0.1, 0.15) is 11.8 Å². The average molecular weight is 320 g/mol. The van der Waals surface area contributed by atoms with Crippen molar-refractivity contribution in [2.24, 2.45) is 0 Å². The monoisotopic (exact) mass is 319 g/mol. The minimum absolute atomic E-state index is 0.555. The van der Waals surface area contributed by atoms with Gasteiger partial charge in [0.25, 0.3) is 0 Å². The first-order valence-electron chi connectivity index (χ1n) is 5.24. The van der Waals surface area contributed by atoms with Crippen molar-refractivity contribution in [3.05, 3.63) is 52.5 Å². The van der Waals surface area contributed by atoms with Crippen molar-refractivity contribution >= 4 is 27.7 Å². The van der Waals surface area contributed by atoms with Crippen LogP contribution in [-0.2, 0) is 0 Å². The van der Waals surface area contributed by atoms with Crippen molar-refractivity contribution in [1.82, 2.24) is 0 Å². The molecule has 0 atom stereocenters. The van der Waals surface area contributed by atoms with Gasteiger partial charge in [-0.25, -0.2) is 0 Å². The summed E-state index contributed by atoms with van der Waals surface area (Å²) >= 11 is 5.02. The molecule has 0 saturated heterocycles. The van der Waals surface area contributed by atoms with E-state index in [1.54, 1.807) is 18.9 Å². The molecule has 18 heavy (non-hydrogen) atoms. The largest absolute Gasteiger partial charge is 0.495 e. The number of methoxy groups -OCH3 is 1. The summed E-state index contributed by atoms with van der Waals surface area (Å²) in [6.45, 7) is 0. The molecule has 0 N–H and O–H groups in total. The smallest absolute Gasteiger partial charge is 0.136 e. The summed E-state index contributed by atoms with van der Waals surface area (Å²) < 4.78 is 6.17. The zero-order chi connectivity index (χ0) is 13.0. The Balaban J connectivity index is 2.25. The Morgan fingerprint density at radius 2 is 1.78 bits per heavy atom. The lowest BCUT2D eigenvalue weighted by Gasteiger charge is -2.05. The van der Waals surface area contributed by atoms with Gasteiger partial charge in [-0.05, 0) is 42.5 Å². The van der Waals surface area contributed by atoms with Crippen molar-refractivity contribution in [1.29, 1.82) is 5.26 Å². The molecule has 0 heterocycles. The number of benzene rings is 2. The first kappa shape index (κ1) is 13.0. The van der Waals surface area contributed by atoms with Crippen LogP contribution in [0.15, 0.2) is 56.7 Å². The summed E-state index contributed by atoms with van der Waals surface area (Å²) in [6, 6.07) is 15.8. The molecule has 0 unspecified atom stereocenters. The van der Waals surface area contributed by atoms with E-state index >= 15 is 0 Å². The van der Waals surface area contributed by atoms with Gasteiger partial charge in [0, 0.05) is 14.3 Å². The molecule has 90 valence electrons. The standard InChI is InChI=1S/C14H10BrNOS/c1-17-14-7-6-13(8-10(14)9-16)18-12-4-2-11(15)3-5-12/h2-8H,1H3. The normalized spacial score (nSPS) is 9.83. The van der Waals surface area contributed by atoms with E-state index in [1.165, 1.54) is 0 Å². The number of nitriles is 1. The quantitative estimate of drug-likeness (QED) is 0.836. The number of halogens is 1. The number of nitrogens with zero attached hydrogens (tertiary/aromatic N) is 1. The zero-order valence-corrected chi connectivity index (χ0v) is 12.1. The van der Waals surface area contributed by atoms with Gasteiger partial charge < -0.3 is 4.74 Å². The number of ether oxygens (including phenoxy) is 1. The lowest BCUT2D eigenvalue weighted by Crippen LogP contribution is -1.87. The van der Waals surface area contributed by atoms with Gasteiger partial charge in [-0.1, -0.05) is 27.7 Å². The number of hydrogen-bond donors (Lipinski definition) is 0. The summed E-state index contributed by atoms with van der Waals surface area (Å²) in [5, 5.41) is 9.03. The topological polar surface area (TPSA) is 33.0 Å². The fraction of sp³-hybridized carbons (Fsp3) is 0.0714. The van der Waals surface area contributed by atoms with Crippen LogP contribution in [0.25, 0.3) is 0 Å². The average Bonchev–Trinajstić information content (AvgIpc) is 2.41. The summed E-state index contributed by atoms with van der Waals surface area (Å²) in [5.74, 6) is 0.609. The molecule has 0 spiro atoms. The van der Waals surface area contributed by atoms with E-state index < -0.39 is 0 Å². The van der Waals surface area contributed by atoms with E-state index in [1.807, 2.05) is 42.5 Å². The molecule has 2 aromatic rings. The third-order valence-electron chi connectivity index (χ3n) is 2.34. The molecule has 0 aromatic heterocycles. The molecule has 0 aliphatic rings. The first-order valence-corrected chi connectivity index (χ1v) is 6.85. The highest BCUT2D eigenvalue weighted by Crippen LogP contribution is 2.31. The van der Waals surface area contributed by atoms with E-state index in [0.29, 0.717) is 11.3 Å². The van der Waals surface area contributed by atoms with Crippen molar-refractivity contribution in [2.45, 2.75) is 9.79 Å². The van der Waals surface area contributed by atoms with Crippen LogP contribution < -0.4 is 4.74 Å². The maximum absolute atomic E-state index is 9.03. The molecule has 4 heteroatoms. The van der Waals surface area contributed by atoms with Crippen LogP contribution in [-0.4, -0.2) is 7.11 Å². The van der Waals surface area contributed by atoms with Crippen molar-refractivity contribution in [2.75, 3.05) is 7.11 Å². The molecule has 2 aromatic carbocycles. The van der Waals surface area contributed by atoms with Gasteiger partial charge in [-0.2, -0.15) is 5.26 Å². The van der Waals surface area contributed by atoms with Crippen LogP contribution in [0.4, 0.5) is 0 Å². The molecule has 2 rings (SSSR count). The fourth-order valence-corrected chi connectivity index (χ4v) is 2.60. The third kappa shape index (κ3) is 3.06. The van der Waals surface area contributed by atoms with E-state index in [0.717, 1.165) is 14.3 Å². The molecular weight excluding hydrogens is 310 g/mol. The predicted molar refractivity (Wildman–Crippen MR) is 76.0 cm³/mol. The summed E-state index contributed by atoms with van der Waals surface area (Å²) in [5.41, 5.74) is 0.555. The first-order chi connectivity index (χ1) is 8.72. The van der Waals surface area contributed by atoms with E-state index in [2.05, 4.69) is 22.0 Å². The van der Waals surface area contributed by atoms with Crippen molar-refractivity contribution in [3.8, 4) is 11.8 Å². The van der Waals surface area contributed by atoms with Crippen LogP contribution in [0.2, 0.25) is 0 Å². The predicted octanol–water partition coefficient (Wildman–Crippen LogP) is 4.48. The summed E-state index contributed by atoms with van der Waals surface area (Å²) in [4.78, 5) is 2.15. The fourth-order valence-electron chi connectivity index (χ4n) is 1.48. The van der Waals surface area contributed by atoms with Crippen LogP contribution in [0.5, 0.6) is 5.75 Å². The molecule has 0 fully saturated rings. The maximum Gasteiger partial charge on any atom is 0.136 e. The van der Waals surface area contributed by atoms with Crippen molar-refractivity contribution in [3.63, 3.8) is 0 Å². The Hall–Kier alpha value is -1.44. The highest BCUT2D eigenvalue weighted by Gasteiger charge is 2.04. The Morgan fingerprint density at radius 3 is 2.39 bits per heavy atom. The Kier molecular flexibility index (Phi) is 4.29. The number of hydrogen-bond acceptors (Lipinski definition) is 3. The second kappa shape index (κ2) is 5.94. The molecule has 0 amide bonds. The number of rotatable bonds is 3. The summed E-state index contributed by atoms with van der Waals surface area (Å²) in [6.07, 6.45) is 0. The lowest BCUT2D eigenvalue weighted by molar-refractivity contribution is 0.413. The van der Waals surface area contributed by atoms with Crippen LogP contribution >= 0.6 is 27.7 Å². The van der Waals surface area contributed by atoms with Gasteiger partial charge in [0.05, 0.1) is 12.7 Å². The summed E-state index contributed by atoms with van der Waals surface area (Å²) in [7, 11) is 1.57. The van der Waals surface area contributed by atoms with Crippen LogP contribution in [0.1, 0.15) is 5.56 Å².